The van der Waals surface area contributed by atoms with Crippen LogP contribution in [0, 0.1) is 6.92 Å². The number of hydrogen-bond donors (Lipinski definition) is 2. The van der Waals surface area contributed by atoms with Gasteiger partial charge in [-0.2, -0.15) is 0 Å². The maximum atomic E-state index is 12.1. The summed E-state index contributed by atoms with van der Waals surface area (Å²) in [6, 6.07) is 12.3. The molecule has 1 atom stereocenters. The van der Waals surface area contributed by atoms with E-state index >= 15 is 0 Å². The van der Waals surface area contributed by atoms with E-state index in [1.54, 1.807) is 43.3 Å². The Kier molecular flexibility index (Phi) is 4.70. The lowest BCUT2D eigenvalue weighted by Crippen LogP contribution is -2.30. The molecule has 0 aliphatic heterocycles. The van der Waals surface area contributed by atoms with Crippen molar-refractivity contribution in [2.75, 3.05) is 11.1 Å². The van der Waals surface area contributed by atoms with Gasteiger partial charge in [-0.25, -0.2) is 0 Å². The summed E-state index contributed by atoms with van der Waals surface area (Å²) in [6.07, 6.45) is -0.665. The van der Waals surface area contributed by atoms with Crippen molar-refractivity contribution >= 4 is 28.9 Å². The molecule has 3 N–H and O–H groups in total. The molecule has 0 aliphatic rings. The second-order valence-electron chi connectivity index (χ2n) is 4.81. The number of carbonyl (C=O) groups excluding carboxylic acids is 1. The van der Waals surface area contributed by atoms with Crippen LogP contribution in [0.3, 0.4) is 0 Å². The van der Waals surface area contributed by atoms with E-state index in [1.807, 2.05) is 13.0 Å². The summed E-state index contributed by atoms with van der Waals surface area (Å²) in [5.41, 5.74) is 7.92. The Morgan fingerprint density at radius 1 is 1.24 bits per heavy atom. The second-order valence-corrected chi connectivity index (χ2v) is 5.21. The maximum Gasteiger partial charge on any atom is 0.265 e. The molecule has 2 aromatic rings. The van der Waals surface area contributed by atoms with Crippen molar-refractivity contribution in [3.05, 3.63) is 53.1 Å². The standard InChI is InChI=1S/C16H17ClN2O2/c1-10-3-8-14(17)15(9-10)21-11(2)16(20)19-13-6-4-12(18)5-7-13/h3-9,11H,18H2,1-2H3,(H,19,20). The zero-order valence-electron chi connectivity index (χ0n) is 11.9. The van der Waals surface area contributed by atoms with Crippen molar-refractivity contribution in [3.8, 4) is 5.75 Å². The molecule has 0 aliphatic carbocycles. The first-order chi connectivity index (χ1) is 9.95. The average molecular weight is 305 g/mol. The first-order valence-corrected chi connectivity index (χ1v) is 6.92. The fourth-order valence-electron chi connectivity index (χ4n) is 1.76. The van der Waals surface area contributed by atoms with E-state index in [0.29, 0.717) is 22.1 Å². The Bertz CT molecular complexity index is 641. The summed E-state index contributed by atoms with van der Waals surface area (Å²) < 4.78 is 5.61. The number of carbonyl (C=O) groups is 1. The van der Waals surface area contributed by atoms with Gasteiger partial charge in [0, 0.05) is 11.4 Å². The van der Waals surface area contributed by atoms with Crippen LogP contribution in [0.15, 0.2) is 42.5 Å². The highest BCUT2D eigenvalue weighted by molar-refractivity contribution is 6.32. The zero-order chi connectivity index (χ0) is 15.4. The SMILES string of the molecule is Cc1ccc(Cl)c(OC(C)C(=O)Nc2ccc(N)cc2)c1. The largest absolute Gasteiger partial charge is 0.479 e. The van der Waals surface area contributed by atoms with Crippen molar-refractivity contribution in [1.82, 2.24) is 0 Å². The molecule has 21 heavy (non-hydrogen) atoms. The molecule has 0 fully saturated rings. The van der Waals surface area contributed by atoms with Crippen molar-refractivity contribution in [2.45, 2.75) is 20.0 Å². The van der Waals surface area contributed by atoms with Gasteiger partial charge in [0.25, 0.3) is 5.91 Å². The molecule has 0 saturated carbocycles. The molecule has 5 heteroatoms. The number of rotatable bonds is 4. The summed E-state index contributed by atoms with van der Waals surface area (Å²) in [4.78, 5) is 12.1. The number of ether oxygens (including phenoxy) is 1. The molecule has 4 nitrogen and oxygen atoms in total. The maximum absolute atomic E-state index is 12.1. The van der Waals surface area contributed by atoms with Crippen LogP contribution in [0.2, 0.25) is 5.02 Å². The number of anilines is 2. The third-order valence-electron chi connectivity index (χ3n) is 2.94. The number of aryl methyl sites for hydroxylation is 1. The number of nitrogens with one attached hydrogen (secondary N) is 1. The van der Waals surface area contributed by atoms with E-state index in [2.05, 4.69) is 5.32 Å². The van der Waals surface area contributed by atoms with Gasteiger partial charge < -0.3 is 15.8 Å². The van der Waals surface area contributed by atoms with Crippen molar-refractivity contribution in [2.24, 2.45) is 0 Å². The van der Waals surface area contributed by atoms with Gasteiger partial charge in [0.2, 0.25) is 0 Å². The van der Waals surface area contributed by atoms with Gasteiger partial charge in [-0.1, -0.05) is 17.7 Å². The van der Waals surface area contributed by atoms with Gasteiger partial charge in [0.1, 0.15) is 5.75 Å². The first kappa shape index (κ1) is 15.2. The highest BCUT2D eigenvalue weighted by atomic mass is 35.5. The quantitative estimate of drug-likeness (QED) is 0.848. The molecule has 0 heterocycles. The lowest BCUT2D eigenvalue weighted by atomic mass is 10.2. The van der Waals surface area contributed by atoms with Crippen molar-refractivity contribution in [1.29, 1.82) is 0 Å². The molecule has 0 saturated heterocycles. The highest BCUT2D eigenvalue weighted by Gasteiger charge is 2.16. The number of hydrogen-bond acceptors (Lipinski definition) is 3. The smallest absolute Gasteiger partial charge is 0.265 e. The minimum absolute atomic E-state index is 0.252. The second kappa shape index (κ2) is 6.50. The third-order valence-corrected chi connectivity index (χ3v) is 3.25. The van der Waals surface area contributed by atoms with Gasteiger partial charge in [0.05, 0.1) is 5.02 Å². The molecule has 2 rings (SSSR count). The Hall–Kier alpha value is -2.20. The first-order valence-electron chi connectivity index (χ1n) is 6.55. The van der Waals surface area contributed by atoms with E-state index in [1.165, 1.54) is 0 Å². The third kappa shape index (κ3) is 4.13. The number of nitrogen functional groups attached to an aromatic ring is 1. The number of nitrogens with two attached hydrogens (primary N) is 1. The van der Waals surface area contributed by atoms with E-state index in [4.69, 9.17) is 22.1 Å². The highest BCUT2D eigenvalue weighted by Crippen LogP contribution is 2.26. The summed E-state index contributed by atoms with van der Waals surface area (Å²) in [7, 11) is 0. The van der Waals surface area contributed by atoms with Gasteiger partial charge >= 0.3 is 0 Å². The molecule has 1 amide bonds. The molecule has 1 unspecified atom stereocenters. The average Bonchev–Trinajstić information content (AvgIpc) is 2.45. The number of benzene rings is 2. The van der Waals surface area contributed by atoms with Gasteiger partial charge in [-0.3, -0.25) is 4.79 Å². The number of halogens is 1. The predicted molar refractivity (Wildman–Crippen MR) is 85.8 cm³/mol. The van der Waals surface area contributed by atoms with E-state index in [-0.39, 0.29) is 5.91 Å². The van der Waals surface area contributed by atoms with Crippen LogP contribution in [0.25, 0.3) is 0 Å². The molecule has 0 aromatic heterocycles. The van der Waals surface area contributed by atoms with Crippen LogP contribution in [0.5, 0.6) is 5.75 Å². The van der Waals surface area contributed by atoms with E-state index in [0.717, 1.165) is 5.56 Å². The van der Waals surface area contributed by atoms with Crippen LogP contribution in [-0.2, 0) is 4.79 Å². The molecule has 0 radical (unpaired) electrons. The topological polar surface area (TPSA) is 64.3 Å². The predicted octanol–water partition coefficient (Wildman–Crippen LogP) is 3.64. The van der Waals surface area contributed by atoms with Crippen LogP contribution < -0.4 is 15.8 Å². The molecular formula is C16H17ClN2O2. The summed E-state index contributed by atoms with van der Waals surface area (Å²) >= 11 is 6.05. The van der Waals surface area contributed by atoms with Crippen LogP contribution in [0.4, 0.5) is 11.4 Å². The van der Waals surface area contributed by atoms with Crippen molar-refractivity contribution in [3.63, 3.8) is 0 Å². The van der Waals surface area contributed by atoms with E-state index in [9.17, 15) is 4.79 Å². The minimum Gasteiger partial charge on any atom is -0.479 e. The lowest BCUT2D eigenvalue weighted by molar-refractivity contribution is -0.122. The van der Waals surface area contributed by atoms with Gasteiger partial charge in [-0.15, -0.1) is 0 Å². The normalized spacial score (nSPS) is 11.8. The van der Waals surface area contributed by atoms with Crippen LogP contribution >= 0.6 is 11.6 Å². The Labute approximate surface area is 128 Å². The Morgan fingerprint density at radius 3 is 2.57 bits per heavy atom. The Morgan fingerprint density at radius 2 is 1.90 bits per heavy atom. The molecule has 110 valence electrons. The van der Waals surface area contributed by atoms with Crippen molar-refractivity contribution < 1.29 is 9.53 Å². The van der Waals surface area contributed by atoms with Crippen LogP contribution in [0.1, 0.15) is 12.5 Å². The van der Waals surface area contributed by atoms with Crippen LogP contribution in [-0.4, -0.2) is 12.0 Å². The summed E-state index contributed by atoms with van der Waals surface area (Å²) in [6.45, 7) is 3.60. The molecule has 2 aromatic carbocycles. The summed E-state index contributed by atoms with van der Waals surface area (Å²) in [5.74, 6) is 0.244. The minimum atomic E-state index is -0.665. The monoisotopic (exact) mass is 304 g/mol. The number of amides is 1. The molecule has 0 bridgehead atoms. The fraction of sp³-hybridized carbons (Fsp3) is 0.188. The lowest BCUT2D eigenvalue weighted by Gasteiger charge is -2.16. The van der Waals surface area contributed by atoms with Gasteiger partial charge in [-0.05, 0) is 55.8 Å². The molecular weight excluding hydrogens is 288 g/mol. The molecule has 0 spiro atoms. The summed E-state index contributed by atoms with van der Waals surface area (Å²) in [5, 5.41) is 3.24. The fourth-order valence-corrected chi connectivity index (χ4v) is 1.92. The zero-order valence-corrected chi connectivity index (χ0v) is 12.6. The van der Waals surface area contributed by atoms with E-state index < -0.39 is 6.10 Å². The Balaban J connectivity index is 2.02. The van der Waals surface area contributed by atoms with Gasteiger partial charge in [0.15, 0.2) is 6.10 Å².